The third-order valence-electron chi connectivity index (χ3n) is 5.53. The van der Waals surface area contributed by atoms with Crippen molar-refractivity contribution >= 4 is 17.4 Å². The van der Waals surface area contributed by atoms with Crippen LogP contribution in [0.2, 0.25) is 0 Å². The first-order valence-corrected chi connectivity index (χ1v) is 10.2. The van der Waals surface area contributed by atoms with E-state index in [0.717, 1.165) is 53.7 Å². The van der Waals surface area contributed by atoms with Crippen molar-refractivity contribution in [3.63, 3.8) is 0 Å². The lowest BCUT2D eigenvalue weighted by Crippen LogP contribution is -2.37. The summed E-state index contributed by atoms with van der Waals surface area (Å²) in [5.41, 5.74) is 6.00. The Bertz CT molecular complexity index is 971. The molecule has 0 aromatic heterocycles. The molecule has 0 saturated carbocycles. The zero-order valence-corrected chi connectivity index (χ0v) is 16.7. The van der Waals surface area contributed by atoms with Gasteiger partial charge in [0.15, 0.2) is 0 Å². The topological polar surface area (TPSA) is 46.6 Å². The predicted molar refractivity (Wildman–Crippen MR) is 113 cm³/mol. The number of nitrogens with zero attached hydrogens (tertiary/aromatic N) is 1. The summed E-state index contributed by atoms with van der Waals surface area (Å²) in [5.74, 6) is -0.148. The van der Waals surface area contributed by atoms with E-state index in [1.165, 1.54) is 0 Å². The molecule has 29 heavy (non-hydrogen) atoms. The lowest BCUT2D eigenvalue weighted by Gasteiger charge is -2.33. The van der Waals surface area contributed by atoms with Crippen molar-refractivity contribution in [2.75, 3.05) is 13.2 Å². The van der Waals surface area contributed by atoms with Gasteiger partial charge in [0.25, 0.3) is 0 Å². The molecule has 1 aliphatic heterocycles. The van der Waals surface area contributed by atoms with Crippen molar-refractivity contribution in [2.45, 2.75) is 32.7 Å². The summed E-state index contributed by atoms with van der Waals surface area (Å²) in [6, 6.07) is 17.6. The van der Waals surface area contributed by atoms with Crippen LogP contribution in [0.4, 0.5) is 0 Å². The van der Waals surface area contributed by atoms with Crippen molar-refractivity contribution in [1.29, 1.82) is 0 Å². The first kappa shape index (κ1) is 19.2. The maximum atomic E-state index is 13.1. The number of esters is 1. The van der Waals surface area contributed by atoms with E-state index in [9.17, 15) is 9.59 Å². The van der Waals surface area contributed by atoms with Gasteiger partial charge in [-0.2, -0.15) is 0 Å². The fourth-order valence-corrected chi connectivity index (χ4v) is 4.11. The number of rotatable bonds is 5. The maximum absolute atomic E-state index is 13.1. The minimum Gasteiger partial charge on any atom is -0.462 e. The number of hydrogen-bond donors (Lipinski definition) is 0. The van der Waals surface area contributed by atoms with E-state index >= 15 is 0 Å². The van der Waals surface area contributed by atoms with Gasteiger partial charge in [-0.05, 0) is 60.6 Å². The Labute approximate surface area is 171 Å². The molecule has 2 aromatic rings. The molecule has 4 nitrogen and oxygen atoms in total. The lowest BCUT2D eigenvalue weighted by molar-refractivity contribution is -0.128. The minimum atomic E-state index is -0.305. The van der Waals surface area contributed by atoms with Crippen LogP contribution in [0.5, 0.6) is 0 Å². The lowest BCUT2D eigenvalue weighted by atomic mass is 9.82. The van der Waals surface area contributed by atoms with E-state index in [-0.39, 0.29) is 11.9 Å². The van der Waals surface area contributed by atoms with Crippen molar-refractivity contribution in [3.8, 4) is 0 Å². The van der Waals surface area contributed by atoms with Crippen LogP contribution in [0.3, 0.4) is 0 Å². The highest BCUT2D eigenvalue weighted by molar-refractivity contribution is 6.01. The molecule has 0 unspecified atom stereocenters. The van der Waals surface area contributed by atoms with Crippen LogP contribution < -0.4 is 0 Å². The Hall–Kier alpha value is -3.14. The van der Waals surface area contributed by atoms with Gasteiger partial charge in [0.05, 0.1) is 12.2 Å². The largest absolute Gasteiger partial charge is 0.462 e. The van der Waals surface area contributed by atoms with Gasteiger partial charge in [-0.3, -0.25) is 4.79 Å². The Morgan fingerprint density at radius 3 is 2.48 bits per heavy atom. The van der Waals surface area contributed by atoms with Crippen molar-refractivity contribution in [1.82, 2.24) is 4.90 Å². The maximum Gasteiger partial charge on any atom is 0.338 e. The molecule has 1 amide bonds. The van der Waals surface area contributed by atoms with Gasteiger partial charge in [-0.1, -0.05) is 48.5 Å². The highest BCUT2D eigenvalue weighted by atomic mass is 16.5. The Morgan fingerprint density at radius 2 is 1.76 bits per heavy atom. The highest BCUT2D eigenvalue weighted by Crippen LogP contribution is 2.38. The predicted octanol–water partition coefficient (Wildman–Crippen LogP) is 4.77. The second-order valence-corrected chi connectivity index (χ2v) is 7.37. The van der Waals surface area contributed by atoms with Crippen molar-refractivity contribution in [2.24, 2.45) is 0 Å². The molecule has 4 rings (SSSR count). The third kappa shape index (κ3) is 4.02. The number of benzene rings is 2. The van der Waals surface area contributed by atoms with Crippen LogP contribution in [-0.4, -0.2) is 29.9 Å². The Balaban J connectivity index is 1.55. The molecule has 0 N–H and O–H groups in total. The fourth-order valence-electron chi connectivity index (χ4n) is 4.11. The standard InChI is InChI=1S/C25H25NO3/c1-2-29-25(28)20-13-11-19(12-14-20)21-9-6-10-23-22(21)15-16-26(24(23)27)17-18-7-4-3-5-8-18/h3-5,7-9,11-14H,2,6,10,15-17H2,1H3. The van der Waals surface area contributed by atoms with Crippen LogP contribution in [0.25, 0.3) is 5.57 Å². The second kappa shape index (κ2) is 8.48. The summed E-state index contributed by atoms with van der Waals surface area (Å²) < 4.78 is 5.06. The molecule has 0 spiro atoms. The number of carbonyl (C=O) groups is 2. The summed E-state index contributed by atoms with van der Waals surface area (Å²) >= 11 is 0. The summed E-state index contributed by atoms with van der Waals surface area (Å²) in [6.07, 6.45) is 4.74. The molecule has 1 heterocycles. The van der Waals surface area contributed by atoms with Crippen LogP contribution >= 0.6 is 0 Å². The average Bonchev–Trinajstić information content (AvgIpc) is 2.76. The minimum absolute atomic E-state index is 0.156. The Morgan fingerprint density at radius 1 is 1.00 bits per heavy atom. The van der Waals surface area contributed by atoms with Crippen LogP contribution in [0.1, 0.15) is 47.7 Å². The van der Waals surface area contributed by atoms with E-state index < -0.39 is 0 Å². The van der Waals surface area contributed by atoms with Crippen molar-refractivity contribution in [3.05, 3.63) is 88.5 Å². The molecule has 0 atom stereocenters. The second-order valence-electron chi connectivity index (χ2n) is 7.37. The molecular weight excluding hydrogens is 362 g/mol. The first-order valence-electron chi connectivity index (χ1n) is 10.2. The summed E-state index contributed by atoms with van der Waals surface area (Å²) in [7, 11) is 0. The van der Waals surface area contributed by atoms with Gasteiger partial charge >= 0.3 is 5.97 Å². The molecule has 148 valence electrons. The van der Waals surface area contributed by atoms with Gasteiger partial charge in [0.1, 0.15) is 0 Å². The summed E-state index contributed by atoms with van der Waals surface area (Å²) in [4.78, 5) is 27.0. The fraction of sp³-hybridized carbons (Fsp3) is 0.280. The number of carbonyl (C=O) groups excluding carboxylic acids is 2. The van der Waals surface area contributed by atoms with Gasteiger partial charge in [-0.25, -0.2) is 4.79 Å². The van der Waals surface area contributed by atoms with Crippen LogP contribution in [0, 0.1) is 0 Å². The zero-order chi connectivity index (χ0) is 20.2. The van der Waals surface area contributed by atoms with Gasteiger partial charge in [0, 0.05) is 18.7 Å². The molecule has 1 aliphatic carbocycles. The smallest absolute Gasteiger partial charge is 0.338 e. The summed E-state index contributed by atoms with van der Waals surface area (Å²) in [6.45, 7) is 3.55. The molecule has 0 fully saturated rings. The normalized spacial score (nSPS) is 16.4. The molecule has 0 bridgehead atoms. The number of hydrogen-bond acceptors (Lipinski definition) is 3. The monoisotopic (exact) mass is 387 g/mol. The SMILES string of the molecule is CCOC(=O)c1ccc(C2=CCCC3=C2CCN(Cc2ccccc2)C3=O)cc1. The number of amides is 1. The first-order chi connectivity index (χ1) is 14.2. The molecule has 4 heteroatoms. The van der Waals surface area contributed by atoms with E-state index in [1.54, 1.807) is 19.1 Å². The highest BCUT2D eigenvalue weighted by Gasteiger charge is 2.30. The van der Waals surface area contributed by atoms with E-state index in [0.29, 0.717) is 18.7 Å². The average molecular weight is 387 g/mol. The van der Waals surface area contributed by atoms with Gasteiger partial charge in [0.2, 0.25) is 5.91 Å². The molecule has 0 saturated heterocycles. The molecule has 2 aliphatic rings. The Kier molecular flexibility index (Phi) is 5.61. The van der Waals surface area contributed by atoms with E-state index in [4.69, 9.17) is 4.74 Å². The third-order valence-corrected chi connectivity index (χ3v) is 5.53. The van der Waals surface area contributed by atoms with E-state index in [1.807, 2.05) is 35.2 Å². The molecule has 0 radical (unpaired) electrons. The number of allylic oxidation sites excluding steroid dienone is 2. The molecule has 2 aromatic carbocycles. The van der Waals surface area contributed by atoms with Crippen molar-refractivity contribution < 1.29 is 14.3 Å². The van der Waals surface area contributed by atoms with Crippen LogP contribution in [0.15, 0.2) is 71.8 Å². The zero-order valence-electron chi connectivity index (χ0n) is 16.7. The van der Waals surface area contributed by atoms with E-state index in [2.05, 4.69) is 18.2 Å². The quantitative estimate of drug-likeness (QED) is 0.695. The number of ether oxygens (including phenoxy) is 1. The van der Waals surface area contributed by atoms with Crippen LogP contribution in [-0.2, 0) is 16.1 Å². The van der Waals surface area contributed by atoms with Gasteiger partial charge < -0.3 is 9.64 Å². The molecular formula is C25H25NO3. The summed E-state index contributed by atoms with van der Waals surface area (Å²) in [5, 5.41) is 0. The van der Waals surface area contributed by atoms with Gasteiger partial charge in [-0.15, -0.1) is 0 Å².